The van der Waals surface area contributed by atoms with Crippen LogP contribution in [0.15, 0.2) is 97.1 Å². The first-order chi connectivity index (χ1) is 13.9. The fourth-order valence-corrected chi connectivity index (χ4v) is 28.0. The summed E-state index contributed by atoms with van der Waals surface area (Å²) in [5, 5.41) is 0. The first-order valence-corrected chi connectivity index (χ1v) is 18.2. The molecule has 2 nitrogen and oxygen atoms in total. The van der Waals surface area contributed by atoms with E-state index in [0.717, 1.165) is 23.0 Å². The van der Waals surface area contributed by atoms with E-state index in [2.05, 4.69) is 97.1 Å². The second kappa shape index (κ2) is 6.59. The van der Waals surface area contributed by atoms with Gasteiger partial charge in [-0.25, -0.2) is 0 Å². The fraction of sp³-hybridized carbons (Fsp3) is 0. The van der Waals surface area contributed by atoms with Crippen molar-refractivity contribution in [2.24, 2.45) is 0 Å². The van der Waals surface area contributed by atoms with Crippen LogP contribution < -0.4 is 26.9 Å². The Morgan fingerprint density at radius 1 is 0.357 bits per heavy atom. The molecule has 2 aliphatic rings. The van der Waals surface area contributed by atoms with Crippen molar-refractivity contribution < 1.29 is 9.47 Å². The molecule has 0 spiro atoms. The van der Waals surface area contributed by atoms with Crippen molar-refractivity contribution in [1.82, 2.24) is 0 Å². The number of fused-ring (bicyclic) bond motifs is 4. The molecule has 0 bridgehead atoms. The molecule has 0 amide bonds. The van der Waals surface area contributed by atoms with Crippen LogP contribution in [0.1, 0.15) is 0 Å². The molecule has 4 heteroatoms. The van der Waals surface area contributed by atoms with E-state index in [1.807, 2.05) is 0 Å². The minimum atomic E-state index is -1.63. The summed E-state index contributed by atoms with van der Waals surface area (Å²) in [6.45, 7) is 0. The summed E-state index contributed by atoms with van der Waals surface area (Å²) in [5.74, 6) is 4.16. The van der Waals surface area contributed by atoms with Gasteiger partial charge in [0.15, 0.2) is 0 Å². The molecule has 0 radical (unpaired) electrons. The molecule has 0 aliphatic carbocycles. The summed E-state index contributed by atoms with van der Waals surface area (Å²) in [7, 11) is 0. The van der Waals surface area contributed by atoms with Gasteiger partial charge in [0, 0.05) is 0 Å². The molecule has 0 unspecified atom stereocenters. The summed E-state index contributed by atoms with van der Waals surface area (Å²) in [4.78, 5) is 0. The summed E-state index contributed by atoms with van der Waals surface area (Å²) >= 11 is -3.26. The first kappa shape index (κ1) is 16.5. The van der Waals surface area contributed by atoms with Crippen molar-refractivity contribution >= 4 is 42.6 Å². The van der Waals surface area contributed by atoms with E-state index in [9.17, 15) is 0 Å². The number of para-hydroxylation sites is 4. The van der Waals surface area contributed by atoms with Gasteiger partial charge in [-0.2, -0.15) is 0 Å². The SMILES string of the molecule is c1ccc2c(c1)Oc1ccccc1[As]2[As]1c2ccccc2Oc2ccccc21. The monoisotopic (exact) mass is 486 g/mol. The number of benzene rings is 4. The molecule has 28 heavy (non-hydrogen) atoms. The molecule has 0 saturated heterocycles. The molecule has 2 heterocycles. The second-order valence-corrected chi connectivity index (χ2v) is 22.1. The van der Waals surface area contributed by atoms with Gasteiger partial charge < -0.3 is 0 Å². The molecule has 4 aromatic carbocycles. The number of ether oxygens (including phenoxy) is 2. The van der Waals surface area contributed by atoms with Gasteiger partial charge in [-0.15, -0.1) is 0 Å². The number of rotatable bonds is 1. The van der Waals surface area contributed by atoms with Crippen molar-refractivity contribution in [3.63, 3.8) is 0 Å². The molecule has 134 valence electrons. The van der Waals surface area contributed by atoms with Crippen molar-refractivity contribution in [3.05, 3.63) is 97.1 Å². The molecular weight excluding hydrogens is 470 g/mol. The molecule has 2 aliphatic heterocycles. The summed E-state index contributed by atoms with van der Waals surface area (Å²) < 4.78 is 18.3. The third-order valence-electron chi connectivity index (χ3n) is 5.01. The first-order valence-electron chi connectivity index (χ1n) is 9.22. The van der Waals surface area contributed by atoms with E-state index in [1.165, 1.54) is 17.4 Å². The third-order valence-corrected chi connectivity index (χ3v) is 26.5. The van der Waals surface area contributed by atoms with Gasteiger partial charge in [0.25, 0.3) is 0 Å². The molecule has 0 saturated carbocycles. The van der Waals surface area contributed by atoms with E-state index < -0.39 is 25.2 Å². The van der Waals surface area contributed by atoms with Gasteiger partial charge in [-0.05, 0) is 0 Å². The Morgan fingerprint density at radius 2 is 0.607 bits per heavy atom. The Labute approximate surface area is 171 Å². The van der Waals surface area contributed by atoms with Crippen LogP contribution >= 0.6 is 0 Å². The zero-order chi connectivity index (χ0) is 18.5. The maximum absolute atomic E-state index is 6.30. The van der Waals surface area contributed by atoms with Gasteiger partial charge in [0.05, 0.1) is 0 Å². The van der Waals surface area contributed by atoms with E-state index in [-0.39, 0.29) is 0 Å². The fourth-order valence-electron chi connectivity index (χ4n) is 3.80. The van der Waals surface area contributed by atoms with Crippen molar-refractivity contribution in [1.29, 1.82) is 0 Å². The van der Waals surface area contributed by atoms with Crippen molar-refractivity contribution in [3.8, 4) is 23.0 Å². The van der Waals surface area contributed by atoms with Crippen LogP contribution in [0.25, 0.3) is 0 Å². The zero-order valence-corrected chi connectivity index (χ0v) is 18.7. The predicted octanol–water partition coefficient (Wildman–Crippen LogP) is 2.89. The van der Waals surface area contributed by atoms with Crippen LogP contribution in [0.5, 0.6) is 23.0 Å². The maximum atomic E-state index is 6.30. The summed E-state index contributed by atoms with van der Waals surface area (Å²) in [6.07, 6.45) is 0. The molecule has 0 N–H and O–H groups in total. The van der Waals surface area contributed by atoms with E-state index in [1.54, 1.807) is 0 Å². The van der Waals surface area contributed by atoms with Gasteiger partial charge in [-0.1, -0.05) is 0 Å². The standard InChI is InChI=1S/C24H16As2O2/c1-5-13-21-17(9-1)25(18-10-2-6-14-22(18)27-21)26-19-11-3-7-15-23(19)28-24-16-8-4-12-20(24)26/h1-16H. The molecular formula is C24H16As2O2. The molecule has 0 aromatic heterocycles. The van der Waals surface area contributed by atoms with Crippen LogP contribution in [0, 0.1) is 0 Å². The third kappa shape index (κ3) is 2.49. The minimum absolute atomic E-state index is 1.04. The molecule has 6 rings (SSSR count). The quantitative estimate of drug-likeness (QED) is 0.386. The Hall–Kier alpha value is -2.40. The topological polar surface area (TPSA) is 18.5 Å². The number of hydrogen-bond donors (Lipinski definition) is 0. The van der Waals surface area contributed by atoms with Crippen molar-refractivity contribution in [2.75, 3.05) is 0 Å². The molecule has 0 fully saturated rings. The predicted molar refractivity (Wildman–Crippen MR) is 116 cm³/mol. The van der Waals surface area contributed by atoms with Gasteiger partial charge in [-0.3, -0.25) is 0 Å². The molecule has 0 atom stereocenters. The Bertz CT molecular complexity index is 1020. The Morgan fingerprint density at radius 3 is 0.893 bits per heavy atom. The average Bonchev–Trinajstić information content (AvgIpc) is 2.76. The van der Waals surface area contributed by atoms with E-state index >= 15 is 0 Å². The van der Waals surface area contributed by atoms with Gasteiger partial charge in [0.1, 0.15) is 0 Å². The van der Waals surface area contributed by atoms with Crippen LogP contribution in [0.4, 0.5) is 0 Å². The van der Waals surface area contributed by atoms with Crippen LogP contribution in [-0.4, -0.2) is 25.2 Å². The number of hydrogen-bond acceptors (Lipinski definition) is 2. The summed E-state index contributed by atoms with van der Waals surface area (Å²) in [5.41, 5.74) is 0. The van der Waals surface area contributed by atoms with E-state index in [0.29, 0.717) is 0 Å². The van der Waals surface area contributed by atoms with Crippen molar-refractivity contribution in [2.45, 2.75) is 0 Å². The van der Waals surface area contributed by atoms with Crippen LogP contribution in [-0.2, 0) is 0 Å². The van der Waals surface area contributed by atoms with E-state index in [4.69, 9.17) is 9.47 Å². The Balaban J connectivity index is 1.66. The average molecular weight is 486 g/mol. The Kier molecular flexibility index (Phi) is 3.89. The van der Waals surface area contributed by atoms with Crippen LogP contribution in [0.3, 0.4) is 0 Å². The normalized spacial score (nSPS) is 14.7. The van der Waals surface area contributed by atoms with Gasteiger partial charge >= 0.3 is 172 Å². The summed E-state index contributed by atoms with van der Waals surface area (Å²) in [6, 6.07) is 34.6. The van der Waals surface area contributed by atoms with Gasteiger partial charge in [0.2, 0.25) is 0 Å². The zero-order valence-electron chi connectivity index (χ0n) is 14.9. The molecule has 4 aromatic rings. The van der Waals surface area contributed by atoms with Crippen LogP contribution in [0.2, 0.25) is 0 Å². The second-order valence-electron chi connectivity index (χ2n) is 6.70.